The minimum Gasteiger partial charge on any atom is -0.368 e. The summed E-state index contributed by atoms with van der Waals surface area (Å²) in [7, 11) is 0. The molecule has 3 amide bonds. The summed E-state index contributed by atoms with van der Waals surface area (Å²) in [4.78, 5) is 35.9. The van der Waals surface area contributed by atoms with Gasteiger partial charge in [0.1, 0.15) is 6.04 Å². The molecule has 1 heterocycles. The van der Waals surface area contributed by atoms with Crippen LogP contribution in [0.4, 0.5) is 0 Å². The van der Waals surface area contributed by atoms with E-state index < -0.39 is 11.9 Å². The van der Waals surface area contributed by atoms with Crippen LogP contribution in [0.5, 0.6) is 0 Å². The molecule has 1 aliphatic carbocycles. The van der Waals surface area contributed by atoms with Crippen molar-refractivity contribution in [3.8, 4) is 0 Å². The normalized spacial score (nSPS) is 22.4. The minimum atomic E-state index is -0.856. The van der Waals surface area contributed by atoms with Gasteiger partial charge in [0.2, 0.25) is 5.91 Å². The summed E-state index contributed by atoms with van der Waals surface area (Å²) in [5.74, 6) is -1.31. The number of nitrogens with two attached hydrogens (primary N) is 1. The molecule has 1 unspecified atom stereocenters. The van der Waals surface area contributed by atoms with E-state index >= 15 is 0 Å². The summed E-state index contributed by atoms with van der Waals surface area (Å²) in [5.41, 5.74) is 6.30. The Balaban J connectivity index is 2.32. The standard InChI is InChI=1S/C11H14N2O3/c1-6(9(12)14)13-10(15)7-4-2-3-5-8(7)11(13)16/h6H,2-5H2,1H3,(H2,12,14). The monoisotopic (exact) mass is 222 g/mol. The number of hydrogen-bond donors (Lipinski definition) is 1. The van der Waals surface area contributed by atoms with Gasteiger partial charge in [0.05, 0.1) is 0 Å². The maximum absolute atomic E-state index is 11.9. The highest BCUT2D eigenvalue weighted by Crippen LogP contribution is 2.33. The molecule has 0 aromatic heterocycles. The van der Waals surface area contributed by atoms with Crippen molar-refractivity contribution >= 4 is 17.7 Å². The molecule has 0 fully saturated rings. The van der Waals surface area contributed by atoms with Crippen LogP contribution in [0, 0.1) is 0 Å². The van der Waals surface area contributed by atoms with Crippen molar-refractivity contribution < 1.29 is 14.4 Å². The molecule has 5 heteroatoms. The van der Waals surface area contributed by atoms with Crippen molar-refractivity contribution in [2.45, 2.75) is 38.6 Å². The van der Waals surface area contributed by atoms with Gasteiger partial charge < -0.3 is 5.73 Å². The molecular weight excluding hydrogens is 208 g/mol. The van der Waals surface area contributed by atoms with E-state index in [0.29, 0.717) is 24.0 Å². The number of nitrogens with zero attached hydrogens (tertiary/aromatic N) is 1. The summed E-state index contributed by atoms with van der Waals surface area (Å²) in [6.07, 6.45) is 3.14. The van der Waals surface area contributed by atoms with Gasteiger partial charge in [-0.25, -0.2) is 0 Å². The second-order valence-electron chi connectivity index (χ2n) is 4.22. The molecule has 0 saturated heterocycles. The van der Waals surface area contributed by atoms with Gasteiger partial charge in [-0.05, 0) is 32.6 Å². The van der Waals surface area contributed by atoms with Gasteiger partial charge in [-0.3, -0.25) is 19.3 Å². The Morgan fingerprint density at radius 2 is 1.62 bits per heavy atom. The highest BCUT2D eigenvalue weighted by molar-refractivity contribution is 6.21. The molecule has 1 aliphatic heterocycles. The summed E-state index contributed by atoms with van der Waals surface area (Å²) in [6.45, 7) is 1.48. The number of carbonyl (C=O) groups excluding carboxylic acids is 3. The Kier molecular flexibility index (Phi) is 2.53. The predicted molar refractivity (Wildman–Crippen MR) is 56.0 cm³/mol. The van der Waals surface area contributed by atoms with Gasteiger partial charge in [0.25, 0.3) is 11.8 Å². The molecule has 2 aliphatic rings. The van der Waals surface area contributed by atoms with Crippen molar-refractivity contribution in [1.82, 2.24) is 4.90 Å². The van der Waals surface area contributed by atoms with E-state index in [0.717, 1.165) is 17.7 Å². The van der Waals surface area contributed by atoms with Crippen molar-refractivity contribution in [1.29, 1.82) is 0 Å². The van der Waals surface area contributed by atoms with Gasteiger partial charge in [0, 0.05) is 11.1 Å². The Morgan fingerprint density at radius 3 is 2.00 bits per heavy atom. The molecule has 2 rings (SSSR count). The first-order valence-electron chi connectivity index (χ1n) is 5.43. The van der Waals surface area contributed by atoms with Crippen LogP contribution in [-0.4, -0.2) is 28.7 Å². The van der Waals surface area contributed by atoms with Crippen molar-refractivity contribution in [3.05, 3.63) is 11.1 Å². The molecule has 0 spiro atoms. The number of primary amides is 1. The lowest BCUT2D eigenvalue weighted by Crippen LogP contribution is -2.46. The van der Waals surface area contributed by atoms with E-state index in [2.05, 4.69) is 0 Å². The smallest absolute Gasteiger partial charge is 0.257 e. The average Bonchev–Trinajstić information content (AvgIpc) is 2.52. The molecule has 0 bridgehead atoms. The molecule has 16 heavy (non-hydrogen) atoms. The lowest BCUT2D eigenvalue weighted by Gasteiger charge is -2.20. The first kappa shape index (κ1) is 10.9. The largest absolute Gasteiger partial charge is 0.368 e. The number of amides is 3. The van der Waals surface area contributed by atoms with Crippen LogP contribution < -0.4 is 5.73 Å². The zero-order valence-electron chi connectivity index (χ0n) is 9.16. The molecule has 0 radical (unpaired) electrons. The highest BCUT2D eigenvalue weighted by atomic mass is 16.2. The van der Waals surface area contributed by atoms with E-state index in [4.69, 9.17) is 5.73 Å². The second-order valence-corrected chi connectivity index (χ2v) is 4.22. The summed E-state index contributed by atoms with van der Waals surface area (Å²) in [5, 5.41) is 0. The third-order valence-corrected chi connectivity index (χ3v) is 3.22. The molecule has 1 atom stereocenters. The van der Waals surface area contributed by atoms with Gasteiger partial charge >= 0.3 is 0 Å². The third kappa shape index (κ3) is 1.43. The first-order chi connectivity index (χ1) is 7.54. The first-order valence-corrected chi connectivity index (χ1v) is 5.43. The SMILES string of the molecule is CC(C(N)=O)N1C(=O)C2=C(CCCC2)C1=O. The lowest BCUT2D eigenvalue weighted by molar-refractivity contribution is -0.144. The number of carbonyl (C=O) groups is 3. The highest BCUT2D eigenvalue weighted by Gasteiger charge is 2.42. The van der Waals surface area contributed by atoms with Gasteiger partial charge in [-0.1, -0.05) is 0 Å². The van der Waals surface area contributed by atoms with Crippen LogP contribution in [0.2, 0.25) is 0 Å². The molecule has 86 valence electrons. The fourth-order valence-electron chi connectivity index (χ4n) is 2.24. The third-order valence-electron chi connectivity index (χ3n) is 3.22. The Morgan fingerprint density at radius 1 is 1.19 bits per heavy atom. The summed E-state index contributed by atoms with van der Waals surface area (Å²) >= 11 is 0. The van der Waals surface area contributed by atoms with Crippen molar-refractivity contribution in [2.75, 3.05) is 0 Å². The van der Waals surface area contributed by atoms with Gasteiger partial charge in [0.15, 0.2) is 0 Å². The van der Waals surface area contributed by atoms with E-state index in [9.17, 15) is 14.4 Å². The molecule has 2 N–H and O–H groups in total. The van der Waals surface area contributed by atoms with E-state index in [-0.39, 0.29) is 11.8 Å². The maximum atomic E-state index is 11.9. The van der Waals surface area contributed by atoms with E-state index in [1.807, 2.05) is 0 Å². The lowest BCUT2D eigenvalue weighted by atomic mass is 9.93. The quantitative estimate of drug-likeness (QED) is 0.673. The van der Waals surface area contributed by atoms with E-state index in [1.165, 1.54) is 6.92 Å². The minimum absolute atomic E-state index is 0.328. The number of rotatable bonds is 2. The predicted octanol–water partition coefficient (Wildman–Crippen LogP) is 0.0996. The summed E-state index contributed by atoms with van der Waals surface area (Å²) in [6, 6.07) is -0.856. The molecular formula is C11H14N2O3. The second kappa shape index (κ2) is 3.73. The molecule has 5 nitrogen and oxygen atoms in total. The van der Waals surface area contributed by atoms with Crippen LogP contribution >= 0.6 is 0 Å². The Bertz CT molecular complexity index is 383. The van der Waals surface area contributed by atoms with Gasteiger partial charge in [-0.2, -0.15) is 0 Å². The molecule has 0 aromatic carbocycles. The number of hydrogen-bond acceptors (Lipinski definition) is 3. The zero-order valence-corrected chi connectivity index (χ0v) is 9.16. The summed E-state index contributed by atoms with van der Waals surface area (Å²) < 4.78 is 0. The van der Waals surface area contributed by atoms with Gasteiger partial charge in [-0.15, -0.1) is 0 Å². The molecule has 0 saturated carbocycles. The van der Waals surface area contributed by atoms with E-state index in [1.54, 1.807) is 0 Å². The number of imide groups is 1. The Labute approximate surface area is 93.3 Å². The topological polar surface area (TPSA) is 80.5 Å². The van der Waals surface area contributed by atoms with Crippen LogP contribution in [0.1, 0.15) is 32.6 Å². The zero-order chi connectivity index (χ0) is 11.9. The van der Waals surface area contributed by atoms with Crippen LogP contribution in [0.3, 0.4) is 0 Å². The maximum Gasteiger partial charge on any atom is 0.257 e. The fraction of sp³-hybridized carbons (Fsp3) is 0.545. The average molecular weight is 222 g/mol. The molecule has 0 aromatic rings. The Hall–Kier alpha value is -1.65. The van der Waals surface area contributed by atoms with Crippen molar-refractivity contribution in [2.24, 2.45) is 5.73 Å². The van der Waals surface area contributed by atoms with Crippen LogP contribution in [0.25, 0.3) is 0 Å². The fourth-order valence-corrected chi connectivity index (χ4v) is 2.24. The van der Waals surface area contributed by atoms with Crippen LogP contribution in [-0.2, 0) is 14.4 Å². The van der Waals surface area contributed by atoms with Crippen molar-refractivity contribution in [3.63, 3.8) is 0 Å². The van der Waals surface area contributed by atoms with Crippen LogP contribution in [0.15, 0.2) is 11.1 Å².